The number of nitrogens with one attached hydrogen (secondary N) is 1. The second-order valence-corrected chi connectivity index (χ2v) is 5.54. The zero-order valence-electron chi connectivity index (χ0n) is 12.0. The molecule has 1 fully saturated rings. The molecule has 0 spiro atoms. The van der Waals surface area contributed by atoms with Gasteiger partial charge in [0.05, 0.1) is 35.4 Å². The summed E-state index contributed by atoms with van der Waals surface area (Å²) >= 11 is 0. The molecule has 1 aromatic carbocycles. The minimum Gasteiger partial charge on any atom is -0.364 e. The first-order valence-electron chi connectivity index (χ1n) is 7.41. The van der Waals surface area contributed by atoms with Gasteiger partial charge in [-0.05, 0) is 31.0 Å². The van der Waals surface area contributed by atoms with Gasteiger partial charge in [-0.25, -0.2) is 4.98 Å². The summed E-state index contributed by atoms with van der Waals surface area (Å²) in [7, 11) is 0. The molecule has 0 aliphatic heterocycles. The molecular formula is C17H15N5. The lowest BCUT2D eigenvalue weighted by Gasteiger charge is -2.09. The van der Waals surface area contributed by atoms with Gasteiger partial charge in [0.25, 0.3) is 0 Å². The zero-order chi connectivity index (χ0) is 14.9. The van der Waals surface area contributed by atoms with Crippen molar-refractivity contribution in [2.24, 2.45) is 0 Å². The van der Waals surface area contributed by atoms with Crippen molar-refractivity contribution in [2.45, 2.75) is 25.4 Å². The number of fused-ring (bicyclic) bond motifs is 1. The van der Waals surface area contributed by atoms with E-state index in [1.165, 1.54) is 12.8 Å². The number of anilines is 1. The van der Waals surface area contributed by atoms with E-state index in [4.69, 9.17) is 0 Å². The van der Waals surface area contributed by atoms with Crippen LogP contribution in [0.5, 0.6) is 0 Å². The van der Waals surface area contributed by atoms with Gasteiger partial charge in [0.15, 0.2) is 0 Å². The quantitative estimate of drug-likeness (QED) is 0.800. The Morgan fingerprint density at radius 2 is 2.14 bits per heavy atom. The maximum atomic E-state index is 9.32. The van der Waals surface area contributed by atoms with E-state index in [-0.39, 0.29) is 0 Å². The fraction of sp³-hybridized carbons (Fsp3) is 0.235. The molecule has 1 N–H and O–H groups in total. The maximum Gasteiger partial charge on any atom is 0.128 e. The Morgan fingerprint density at radius 3 is 2.95 bits per heavy atom. The van der Waals surface area contributed by atoms with Crippen LogP contribution in [0.4, 0.5) is 5.82 Å². The highest BCUT2D eigenvalue weighted by molar-refractivity contribution is 5.86. The number of aromatic nitrogens is 3. The van der Waals surface area contributed by atoms with Crippen molar-refractivity contribution in [1.82, 2.24) is 14.8 Å². The molecule has 0 unspecified atom stereocenters. The lowest BCUT2D eigenvalue weighted by atomic mass is 10.1. The van der Waals surface area contributed by atoms with E-state index in [0.29, 0.717) is 18.2 Å². The summed E-state index contributed by atoms with van der Waals surface area (Å²) in [5.74, 6) is 0.721. The van der Waals surface area contributed by atoms with Crippen LogP contribution >= 0.6 is 0 Å². The number of pyridine rings is 1. The fourth-order valence-corrected chi connectivity index (χ4v) is 2.67. The molecule has 3 aromatic rings. The van der Waals surface area contributed by atoms with Crippen LogP contribution < -0.4 is 5.32 Å². The third-order valence-electron chi connectivity index (χ3n) is 3.93. The summed E-state index contributed by atoms with van der Waals surface area (Å²) in [6, 6.07) is 14.3. The standard InChI is InChI=1S/C17H15N5/c18-10-12-9-17(21-16-4-2-1-3-15(12)16)19-11-14-7-8-20-22(14)13-5-6-13/h1-4,7-9,13H,5-6,11H2,(H,19,21). The predicted molar refractivity (Wildman–Crippen MR) is 84.3 cm³/mol. The van der Waals surface area contributed by atoms with Crippen molar-refractivity contribution in [1.29, 1.82) is 5.26 Å². The van der Waals surface area contributed by atoms with Crippen LogP contribution in [0.3, 0.4) is 0 Å². The molecule has 1 saturated carbocycles. The molecular weight excluding hydrogens is 274 g/mol. The predicted octanol–water partition coefficient (Wildman–Crippen LogP) is 3.25. The Hall–Kier alpha value is -2.87. The Kier molecular flexibility index (Phi) is 3.01. The number of rotatable bonds is 4. The second kappa shape index (κ2) is 5.15. The summed E-state index contributed by atoms with van der Waals surface area (Å²) in [5, 5.41) is 17.9. The molecule has 0 radical (unpaired) electrons. The maximum absolute atomic E-state index is 9.32. The van der Waals surface area contributed by atoms with Crippen LogP contribution in [-0.4, -0.2) is 14.8 Å². The van der Waals surface area contributed by atoms with Gasteiger partial charge in [-0.1, -0.05) is 18.2 Å². The number of hydrogen-bond acceptors (Lipinski definition) is 4. The molecule has 2 heterocycles. The van der Waals surface area contributed by atoms with Gasteiger partial charge in [0.1, 0.15) is 5.82 Å². The van der Waals surface area contributed by atoms with Gasteiger partial charge < -0.3 is 5.32 Å². The van der Waals surface area contributed by atoms with E-state index in [1.807, 2.05) is 36.5 Å². The Labute approximate surface area is 128 Å². The lowest BCUT2D eigenvalue weighted by Crippen LogP contribution is -2.08. The largest absolute Gasteiger partial charge is 0.364 e. The molecule has 108 valence electrons. The number of nitriles is 1. The number of nitrogens with zero attached hydrogens (tertiary/aromatic N) is 4. The lowest BCUT2D eigenvalue weighted by molar-refractivity contribution is 0.610. The van der Waals surface area contributed by atoms with Crippen molar-refractivity contribution in [3.05, 3.63) is 53.9 Å². The van der Waals surface area contributed by atoms with E-state index in [2.05, 4.69) is 26.2 Å². The molecule has 22 heavy (non-hydrogen) atoms. The third kappa shape index (κ3) is 2.29. The molecule has 4 rings (SSSR count). The number of para-hydroxylation sites is 1. The molecule has 1 aliphatic carbocycles. The van der Waals surface area contributed by atoms with E-state index in [1.54, 1.807) is 6.07 Å². The van der Waals surface area contributed by atoms with Crippen LogP contribution in [0, 0.1) is 11.3 Å². The highest BCUT2D eigenvalue weighted by Crippen LogP contribution is 2.35. The average Bonchev–Trinajstić information content (AvgIpc) is 3.30. The van der Waals surface area contributed by atoms with Gasteiger partial charge >= 0.3 is 0 Å². The van der Waals surface area contributed by atoms with E-state index in [9.17, 15) is 5.26 Å². The fourth-order valence-electron chi connectivity index (χ4n) is 2.67. The molecule has 0 saturated heterocycles. The second-order valence-electron chi connectivity index (χ2n) is 5.54. The van der Waals surface area contributed by atoms with Gasteiger partial charge in [-0.3, -0.25) is 4.68 Å². The smallest absolute Gasteiger partial charge is 0.128 e. The molecule has 1 aliphatic rings. The molecule has 0 atom stereocenters. The molecule has 5 nitrogen and oxygen atoms in total. The minimum atomic E-state index is 0.561. The van der Waals surface area contributed by atoms with Crippen molar-refractivity contribution in [3.8, 4) is 6.07 Å². The summed E-state index contributed by atoms with van der Waals surface area (Å²) in [4.78, 5) is 4.58. The van der Waals surface area contributed by atoms with E-state index >= 15 is 0 Å². The first kappa shape index (κ1) is 12.8. The van der Waals surface area contributed by atoms with Crippen LogP contribution in [-0.2, 0) is 6.54 Å². The summed E-state index contributed by atoms with van der Waals surface area (Å²) in [5.41, 5.74) is 2.62. The Balaban J connectivity index is 1.61. The monoisotopic (exact) mass is 289 g/mol. The van der Waals surface area contributed by atoms with Crippen molar-refractivity contribution < 1.29 is 0 Å². The summed E-state index contributed by atoms with van der Waals surface area (Å²) < 4.78 is 2.08. The summed E-state index contributed by atoms with van der Waals surface area (Å²) in [6.45, 7) is 0.659. The van der Waals surface area contributed by atoms with Gasteiger partial charge in [-0.2, -0.15) is 10.4 Å². The average molecular weight is 289 g/mol. The van der Waals surface area contributed by atoms with E-state index in [0.717, 1.165) is 22.4 Å². The van der Waals surface area contributed by atoms with Crippen LogP contribution in [0.2, 0.25) is 0 Å². The van der Waals surface area contributed by atoms with Crippen LogP contribution in [0.15, 0.2) is 42.6 Å². The van der Waals surface area contributed by atoms with Gasteiger partial charge in [-0.15, -0.1) is 0 Å². The van der Waals surface area contributed by atoms with Gasteiger partial charge in [0, 0.05) is 11.6 Å². The normalized spacial score (nSPS) is 14.0. The van der Waals surface area contributed by atoms with Gasteiger partial charge in [0.2, 0.25) is 0 Å². The minimum absolute atomic E-state index is 0.561. The molecule has 0 bridgehead atoms. The SMILES string of the molecule is N#Cc1cc(NCc2ccnn2C2CC2)nc2ccccc12. The Morgan fingerprint density at radius 1 is 1.27 bits per heavy atom. The Bertz CT molecular complexity index is 870. The van der Waals surface area contributed by atoms with Crippen LogP contribution in [0.1, 0.15) is 30.1 Å². The topological polar surface area (TPSA) is 66.5 Å². The molecule has 0 amide bonds. The number of hydrogen-bond donors (Lipinski definition) is 1. The summed E-state index contributed by atoms with van der Waals surface area (Å²) in [6.07, 6.45) is 4.26. The molecule has 2 aromatic heterocycles. The highest BCUT2D eigenvalue weighted by atomic mass is 15.3. The number of benzene rings is 1. The first-order chi connectivity index (χ1) is 10.8. The van der Waals surface area contributed by atoms with Crippen molar-refractivity contribution >= 4 is 16.7 Å². The highest BCUT2D eigenvalue weighted by Gasteiger charge is 2.25. The molecule has 5 heteroatoms. The van der Waals surface area contributed by atoms with Crippen LogP contribution in [0.25, 0.3) is 10.9 Å². The zero-order valence-corrected chi connectivity index (χ0v) is 12.0. The third-order valence-corrected chi connectivity index (χ3v) is 3.93. The van der Waals surface area contributed by atoms with Crippen molar-refractivity contribution in [2.75, 3.05) is 5.32 Å². The van der Waals surface area contributed by atoms with E-state index < -0.39 is 0 Å². The first-order valence-corrected chi connectivity index (χ1v) is 7.41. The van der Waals surface area contributed by atoms with Crippen molar-refractivity contribution in [3.63, 3.8) is 0 Å².